The molecule has 0 atom stereocenters. The zero-order chi connectivity index (χ0) is 20.4. The standard InChI is InChI=1S/C25H28N2OS/c1-16-9-10-17(2)24-23(16)18(3)27-21-15-20(11-12-22(21)29-24)25(28)26-14-13-19-7-5-4-6-8-19/h7,9-12,15H,4-6,8,13-14H2,1-3H3,(H,26,28). The zero-order valence-electron chi connectivity index (χ0n) is 17.5. The maximum Gasteiger partial charge on any atom is 0.251 e. The van der Waals surface area contributed by atoms with Crippen LogP contribution >= 0.6 is 11.8 Å². The molecule has 1 heterocycles. The second-order valence-corrected chi connectivity index (χ2v) is 9.05. The molecule has 0 radical (unpaired) electrons. The Hall–Kier alpha value is -2.33. The summed E-state index contributed by atoms with van der Waals surface area (Å²) in [6, 6.07) is 10.2. The first-order chi connectivity index (χ1) is 14.0. The van der Waals surface area contributed by atoms with Gasteiger partial charge in [0.15, 0.2) is 0 Å². The lowest BCUT2D eigenvalue weighted by molar-refractivity contribution is 0.0954. The molecule has 0 aromatic heterocycles. The van der Waals surface area contributed by atoms with Crippen molar-refractivity contribution in [2.45, 2.75) is 62.7 Å². The number of hydrogen-bond acceptors (Lipinski definition) is 3. The quantitative estimate of drug-likeness (QED) is 0.589. The smallest absolute Gasteiger partial charge is 0.251 e. The van der Waals surface area contributed by atoms with Crippen LogP contribution in [0, 0.1) is 13.8 Å². The number of carbonyl (C=O) groups excluding carboxylic acids is 1. The highest BCUT2D eigenvalue weighted by molar-refractivity contribution is 7.99. The highest BCUT2D eigenvalue weighted by atomic mass is 32.2. The van der Waals surface area contributed by atoms with Crippen LogP contribution in [0.4, 0.5) is 5.69 Å². The van der Waals surface area contributed by atoms with Crippen LogP contribution in [0.15, 0.2) is 56.8 Å². The molecule has 0 saturated carbocycles. The van der Waals surface area contributed by atoms with Gasteiger partial charge < -0.3 is 5.32 Å². The fourth-order valence-electron chi connectivity index (χ4n) is 4.12. The SMILES string of the molecule is CC1=Nc2cc(C(=O)NCCC3=CCCCC3)ccc2Sc2c(C)ccc(C)c21. The van der Waals surface area contributed by atoms with Gasteiger partial charge in [0, 0.05) is 33.2 Å². The molecule has 4 heteroatoms. The molecule has 3 nitrogen and oxygen atoms in total. The first-order valence-electron chi connectivity index (χ1n) is 10.5. The minimum absolute atomic E-state index is 0.0174. The summed E-state index contributed by atoms with van der Waals surface area (Å²) in [6.45, 7) is 7.04. The third-order valence-electron chi connectivity index (χ3n) is 5.76. The van der Waals surface area contributed by atoms with Gasteiger partial charge in [0.2, 0.25) is 0 Å². The molecule has 29 heavy (non-hydrogen) atoms. The number of nitrogens with zero attached hydrogens (tertiary/aromatic N) is 1. The topological polar surface area (TPSA) is 41.5 Å². The monoisotopic (exact) mass is 404 g/mol. The van der Waals surface area contributed by atoms with Gasteiger partial charge in [0.1, 0.15) is 0 Å². The zero-order valence-corrected chi connectivity index (χ0v) is 18.3. The molecule has 1 amide bonds. The van der Waals surface area contributed by atoms with E-state index in [0.717, 1.165) is 22.7 Å². The van der Waals surface area contributed by atoms with Gasteiger partial charge >= 0.3 is 0 Å². The lowest BCUT2D eigenvalue weighted by Crippen LogP contribution is -2.24. The van der Waals surface area contributed by atoms with Crippen LogP contribution in [0.3, 0.4) is 0 Å². The van der Waals surface area contributed by atoms with E-state index in [9.17, 15) is 4.79 Å². The molecule has 2 aliphatic rings. The molecule has 0 saturated heterocycles. The highest BCUT2D eigenvalue weighted by Gasteiger charge is 2.20. The summed E-state index contributed by atoms with van der Waals surface area (Å²) in [7, 11) is 0. The molecule has 2 aromatic carbocycles. The van der Waals surface area contributed by atoms with Crippen LogP contribution in [0.1, 0.15) is 66.1 Å². The van der Waals surface area contributed by atoms with Crippen molar-refractivity contribution in [2.75, 3.05) is 6.54 Å². The van der Waals surface area contributed by atoms with E-state index in [1.54, 1.807) is 11.8 Å². The molecule has 0 bridgehead atoms. The number of aliphatic imine (C=N–C) groups is 1. The number of rotatable bonds is 4. The average Bonchev–Trinajstić information content (AvgIpc) is 2.87. The first-order valence-corrected chi connectivity index (χ1v) is 11.3. The Balaban J connectivity index is 1.53. The fraction of sp³-hybridized carbons (Fsp3) is 0.360. The first kappa shape index (κ1) is 20.0. The summed E-state index contributed by atoms with van der Waals surface area (Å²) >= 11 is 1.75. The number of nitrogens with one attached hydrogen (secondary N) is 1. The fourth-order valence-corrected chi connectivity index (χ4v) is 5.32. The molecular weight excluding hydrogens is 376 g/mol. The molecule has 1 aliphatic heterocycles. The summed E-state index contributed by atoms with van der Waals surface area (Å²) in [4.78, 5) is 19.9. The van der Waals surface area contributed by atoms with Crippen LogP contribution in [0.25, 0.3) is 0 Å². The summed E-state index contributed by atoms with van der Waals surface area (Å²) < 4.78 is 0. The predicted octanol–water partition coefficient (Wildman–Crippen LogP) is 6.53. The molecule has 150 valence electrons. The Bertz CT molecular complexity index is 1020. The van der Waals surface area contributed by atoms with Crippen LogP contribution in [-0.2, 0) is 0 Å². The van der Waals surface area contributed by atoms with Crippen LogP contribution in [0.2, 0.25) is 0 Å². The summed E-state index contributed by atoms with van der Waals surface area (Å²) in [5.41, 5.74) is 7.77. The second-order valence-electron chi connectivity index (χ2n) is 8.00. The van der Waals surface area contributed by atoms with Crippen molar-refractivity contribution < 1.29 is 4.79 Å². The maximum atomic E-state index is 12.7. The van der Waals surface area contributed by atoms with Crippen molar-refractivity contribution in [3.05, 3.63) is 64.2 Å². The predicted molar refractivity (Wildman–Crippen MR) is 122 cm³/mol. The Morgan fingerprint density at radius 2 is 1.93 bits per heavy atom. The highest BCUT2D eigenvalue weighted by Crippen LogP contribution is 2.43. The van der Waals surface area contributed by atoms with Gasteiger partial charge in [0.25, 0.3) is 5.91 Å². The van der Waals surface area contributed by atoms with Crippen LogP contribution < -0.4 is 5.32 Å². The number of carbonyl (C=O) groups is 1. The average molecular weight is 405 g/mol. The van der Waals surface area contributed by atoms with Crippen molar-refractivity contribution >= 4 is 29.1 Å². The molecule has 4 rings (SSSR count). The van der Waals surface area contributed by atoms with Gasteiger partial charge in [-0.3, -0.25) is 9.79 Å². The number of aryl methyl sites for hydroxylation is 2. The lowest BCUT2D eigenvalue weighted by atomic mass is 9.97. The summed E-state index contributed by atoms with van der Waals surface area (Å²) in [5, 5.41) is 3.08. The number of fused-ring (bicyclic) bond motifs is 2. The van der Waals surface area contributed by atoms with Crippen LogP contribution in [0.5, 0.6) is 0 Å². The lowest BCUT2D eigenvalue weighted by Gasteiger charge is -2.13. The number of benzene rings is 2. The van der Waals surface area contributed by atoms with E-state index < -0.39 is 0 Å². The second kappa shape index (κ2) is 8.58. The Morgan fingerprint density at radius 3 is 2.72 bits per heavy atom. The van der Waals surface area contributed by atoms with E-state index in [0.29, 0.717) is 12.1 Å². The van der Waals surface area contributed by atoms with E-state index in [2.05, 4.69) is 44.3 Å². The van der Waals surface area contributed by atoms with Gasteiger partial charge in [0.05, 0.1) is 5.69 Å². The molecule has 2 aromatic rings. The van der Waals surface area contributed by atoms with Crippen molar-refractivity contribution in [1.82, 2.24) is 5.32 Å². The Kier molecular flexibility index (Phi) is 5.91. The maximum absolute atomic E-state index is 12.7. The van der Waals surface area contributed by atoms with Gasteiger partial charge in [-0.1, -0.05) is 35.5 Å². The van der Waals surface area contributed by atoms with E-state index in [1.165, 1.54) is 52.8 Å². The van der Waals surface area contributed by atoms with E-state index in [4.69, 9.17) is 4.99 Å². The molecule has 0 spiro atoms. The van der Waals surface area contributed by atoms with Crippen molar-refractivity contribution in [1.29, 1.82) is 0 Å². The van der Waals surface area contributed by atoms with Crippen LogP contribution in [-0.4, -0.2) is 18.2 Å². The van der Waals surface area contributed by atoms with Crippen molar-refractivity contribution in [3.63, 3.8) is 0 Å². The minimum atomic E-state index is -0.0174. The third kappa shape index (κ3) is 4.32. The normalized spacial score (nSPS) is 15.6. The third-order valence-corrected chi connectivity index (χ3v) is 7.06. The van der Waals surface area contributed by atoms with E-state index in [-0.39, 0.29) is 5.91 Å². The van der Waals surface area contributed by atoms with E-state index >= 15 is 0 Å². The molecule has 1 aliphatic carbocycles. The number of hydrogen-bond donors (Lipinski definition) is 1. The van der Waals surface area contributed by atoms with Crippen molar-refractivity contribution in [3.8, 4) is 0 Å². The van der Waals surface area contributed by atoms with Crippen molar-refractivity contribution in [2.24, 2.45) is 4.99 Å². The van der Waals surface area contributed by atoms with Gasteiger partial charge in [-0.05, 0) is 82.2 Å². The Labute approximate surface area is 177 Å². The molecular formula is C25H28N2OS. The molecule has 0 fully saturated rings. The largest absolute Gasteiger partial charge is 0.352 e. The Morgan fingerprint density at radius 1 is 1.10 bits per heavy atom. The summed E-state index contributed by atoms with van der Waals surface area (Å²) in [5.74, 6) is -0.0174. The summed E-state index contributed by atoms with van der Waals surface area (Å²) in [6.07, 6.45) is 8.24. The van der Waals surface area contributed by atoms with Gasteiger partial charge in [-0.15, -0.1) is 0 Å². The number of amides is 1. The molecule has 1 N–H and O–H groups in total. The minimum Gasteiger partial charge on any atom is -0.352 e. The van der Waals surface area contributed by atoms with Gasteiger partial charge in [-0.2, -0.15) is 0 Å². The molecule has 0 unspecified atom stereocenters. The van der Waals surface area contributed by atoms with Gasteiger partial charge in [-0.25, -0.2) is 0 Å². The number of allylic oxidation sites excluding steroid dienone is 1. The van der Waals surface area contributed by atoms with E-state index in [1.807, 2.05) is 18.2 Å².